The maximum atomic E-state index is 8.84. The molecule has 0 fully saturated rings. The monoisotopic (exact) mass is 534 g/mol. The van der Waals surface area contributed by atoms with E-state index in [2.05, 4.69) is 106 Å². The van der Waals surface area contributed by atoms with Gasteiger partial charge in [-0.1, -0.05) is 49.5 Å². The summed E-state index contributed by atoms with van der Waals surface area (Å²) < 4.78 is 1.51. The number of aliphatic hydroxyl groups excluding tert-OH is 1. The zero-order chi connectivity index (χ0) is 20.6. The van der Waals surface area contributed by atoms with Crippen molar-refractivity contribution < 1.29 is 54.2 Å². The van der Waals surface area contributed by atoms with Crippen molar-refractivity contribution in [3.05, 3.63) is 78.9 Å². The second-order valence-corrected chi connectivity index (χ2v) is 15.2. The van der Waals surface area contributed by atoms with Crippen molar-refractivity contribution in [2.24, 2.45) is 0 Å². The van der Waals surface area contributed by atoms with E-state index >= 15 is 0 Å². The van der Waals surface area contributed by atoms with E-state index in [1.54, 1.807) is 24.2 Å². The summed E-state index contributed by atoms with van der Waals surface area (Å²) in [6.45, 7) is 9.15. The fourth-order valence-electron chi connectivity index (χ4n) is 3.15. The average molecular weight is 537 g/mol. The van der Waals surface area contributed by atoms with Crippen LogP contribution in [0.3, 0.4) is 0 Å². The number of fused-ring (bicyclic) bond motifs is 3. The molecule has 0 unspecified atom stereocenters. The summed E-state index contributed by atoms with van der Waals surface area (Å²) in [6.07, 6.45) is 0. The fourth-order valence-corrected chi connectivity index (χ4v) is 5.10. The Balaban J connectivity index is 0.000000457. The molecule has 0 atom stereocenters. The molecule has 0 aliphatic carbocycles. The molecule has 160 valence electrons. The minimum absolute atomic E-state index is 0. The SMILES string of the molecule is C[C](C)=[Zr+2].C[Si](C)(CCO)c1ccc[cH-]1.[Cl-].[Cl-].c1ccc2c(c1)[cH-]c1ccccc12. The standard InChI is InChI=1S/C13H9.C9H15OSi.C3H6.2ClH.Zr/c1-3-7-12-10(5-1)9-11-6-2-4-8-13(11)12;1-11(2,8-7-10)9-5-3-4-6-9;1-3-2;;;/h1-9H;3-6,10H,7-8H2,1-2H3;1-2H3;2*1H;/q2*-1;;;;+2/p-2. The van der Waals surface area contributed by atoms with Crippen molar-refractivity contribution in [3.63, 3.8) is 0 Å². The Kier molecular flexibility index (Phi) is 13.9. The van der Waals surface area contributed by atoms with Crippen molar-refractivity contribution in [2.75, 3.05) is 6.61 Å². The summed E-state index contributed by atoms with van der Waals surface area (Å²) in [5.41, 5.74) is 0. The van der Waals surface area contributed by atoms with Gasteiger partial charge in [-0.2, -0.15) is 17.3 Å². The van der Waals surface area contributed by atoms with Gasteiger partial charge in [0.2, 0.25) is 0 Å². The molecule has 0 bridgehead atoms. The van der Waals surface area contributed by atoms with Crippen LogP contribution >= 0.6 is 0 Å². The zero-order valence-electron chi connectivity index (χ0n) is 18.1. The van der Waals surface area contributed by atoms with Crippen LogP contribution in [0.15, 0.2) is 78.9 Å². The Labute approximate surface area is 209 Å². The van der Waals surface area contributed by atoms with Crippen LogP contribution in [0, 0.1) is 0 Å². The topological polar surface area (TPSA) is 20.2 Å². The Morgan fingerprint density at radius 1 is 0.867 bits per heavy atom. The van der Waals surface area contributed by atoms with E-state index in [9.17, 15) is 0 Å². The first-order valence-corrected chi connectivity index (χ1v) is 14.2. The smallest absolute Gasteiger partial charge is 0.0558 e. The molecule has 1 N–H and O–H groups in total. The van der Waals surface area contributed by atoms with Crippen LogP contribution in [0.5, 0.6) is 0 Å². The molecule has 1 nitrogen and oxygen atoms in total. The molecule has 30 heavy (non-hydrogen) atoms. The van der Waals surface area contributed by atoms with Gasteiger partial charge >= 0.3 is 41.3 Å². The molecule has 0 radical (unpaired) electrons. The van der Waals surface area contributed by atoms with E-state index in [-0.39, 0.29) is 24.8 Å². The van der Waals surface area contributed by atoms with E-state index in [1.807, 2.05) is 0 Å². The van der Waals surface area contributed by atoms with Gasteiger partial charge in [0.25, 0.3) is 0 Å². The van der Waals surface area contributed by atoms with Crippen LogP contribution < -0.4 is 30.0 Å². The maximum Gasteiger partial charge on any atom is 0.0558 e. The van der Waals surface area contributed by atoms with Gasteiger partial charge in [0.1, 0.15) is 0 Å². The molecule has 4 aromatic rings. The number of aliphatic hydroxyl groups is 1. The fraction of sp³-hybridized carbons (Fsp3) is 0.240. The average Bonchev–Trinajstić information content (AvgIpc) is 3.30. The number of benzene rings is 2. The molecular formula is C25H30Cl2OSiZr-2. The molecule has 0 spiro atoms. The molecule has 0 saturated carbocycles. The molecule has 4 rings (SSSR count). The van der Waals surface area contributed by atoms with Crippen molar-refractivity contribution in [2.45, 2.75) is 33.0 Å². The van der Waals surface area contributed by atoms with Crippen LogP contribution in [0.2, 0.25) is 19.1 Å². The van der Waals surface area contributed by atoms with E-state index in [0.717, 1.165) is 6.04 Å². The largest absolute Gasteiger partial charge is 1.00 e. The van der Waals surface area contributed by atoms with Gasteiger partial charge in [0.15, 0.2) is 0 Å². The summed E-state index contributed by atoms with van der Waals surface area (Å²) in [5.74, 6) is 0. The molecule has 0 aromatic heterocycles. The van der Waals surface area contributed by atoms with Crippen LogP contribution in [0.4, 0.5) is 0 Å². The Morgan fingerprint density at radius 2 is 1.33 bits per heavy atom. The molecule has 0 aliphatic heterocycles. The minimum Gasteiger partial charge on any atom is -1.00 e. The summed E-state index contributed by atoms with van der Waals surface area (Å²) in [6, 6.07) is 28.7. The molecule has 0 aliphatic rings. The zero-order valence-corrected chi connectivity index (χ0v) is 23.1. The number of hydrogen-bond acceptors (Lipinski definition) is 1. The predicted octanol–water partition coefficient (Wildman–Crippen LogP) is -0.221. The normalized spacial score (nSPS) is 10.1. The van der Waals surface area contributed by atoms with Crippen LogP contribution in [0.25, 0.3) is 21.5 Å². The van der Waals surface area contributed by atoms with Crippen LogP contribution in [0.1, 0.15) is 13.8 Å². The van der Waals surface area contributed by atoms with Crippen molar-refractivity contribution in [3.8, 4) is 0 Å². The first-order valence-electron chi connectivity index (χ1n) is 9.73. The van der Waals surface area contributed by atoms with Crippen LogP contribution in [-0.2, 0) is 24.2 Å². The Bertz CT molecular complexity index is 952. The van der Waals surface area contributed by atoms with Gasteiger partial charge in [-0.25, -0.2) is 12.1 Å². The van der Waals surface area contributed by atoms with E-state index in [1.165, 1.54) is 29.9 Å². The summed E-state index contributed by atoms with van der Waals surface area (Å²) >= 11 is 1.55. The van der Waals surface area contributed by atoms with Crippen molar-refractivity contribution >= 4 is 38.0 Å². The molecule has 4 aromatic carbocycles. The third-order valence-electron chi connectivity index (χ3n) is 4.70. The van der Waals surface area contributed by atoms with Gasteiger partial charge in [-0.05, 0) is 6.04 Å². The number of rotatable bonds is 3. The molecule has 5 heteroatoms. The minimum atomic E-state index is -1.28. The van der Waals surface area contributed by atoms with E-state index < -0.39 is 8.07 Å². The van der Waals surface area contributed by atoms with Gasteiger partial charge in [-0.15, -0.1) is 39.7 Å². The first kappa shape index (κ1) is 29.2. The van der Waals surface area contributed by atoms with E-state index in [4.69, 9.17) is 5.11 Å². The Hall–Kier alpha value is -0.830. The number of halogens is 2. The predicted molar refractivity (Wildman–Crippen MR) is 124 cm³/mol. The summed E-state index contributed by atoms with van der Waals surface area (Å²) in [7, 11) is -1.28. The van der Waals surface area contributed by atoms with Gasteiger partial charge in [0.05, 0.1) is 8.07 Å². The third kappa shape index (κ3) is 8.73. The second kappa shape index (κ2) is 14.3. The number of hydrogen-bond donors (Lipinski definition) is 1. The van der Waals surface area contributed by atoms with Crippen LogP contribution in [-0.4, -0.2) is 23.0 Å². The Morgan fingerprint density at radius 3 is 1.73 bits per heavy atom. The van der Waals surface area contributed by atoms with Crippen molar-refractivity contribution in [1.29, 1.82) is 0 Å². The first-order chi connectivity index (χ1) is 13.3. The molecule has 0 saturated heterocycles. The van der Waals surface area contributed by atoms with E-state index in [0.29, 0.717) is 6.61 Å². The summed E-state index contributed by atoms with van der Waals surface area (Å²) in [4.78, 5) is 0. The summed E-state index contributed by atoms with van der Waals surface area (Å²) in [5, 5.41) is 15.7. The van der Waals surface area contributed by atoms with Gasteiger partial charge in [-0.3, -0.25) is 0 Å². The quantitative estimate of drug-likeness (QED) is 0.284. The molecule has 0 heterocycles. The second-order valence-electron chi connectivity index (χ2n) is 7.85. The third-order valence-corrected chi connectivity index (χ3v) is 8.07. The van der Waals surface area contributed by atoms with Crippen molar-refractivity contribution in [1.82, 2.24) is 0 Å². The van der Waals surface area contributed by atoms with Gasteiger partial charge in [0, 0.05) is 6.61 Å². The van der Waals surface area contributed by atoms with Gasteiger partial charge < -0.3 is 29.9 Å². The molecule has 0 amide bonds. The maximum absolute atomic E-state index is 8.84. The molecular weight excluding hydrogens is 506 g/mol.